The maximum absolute atomic E-state index is 13.5. The lowest BCUT2D eigenvalue weighted by Crippen LogP contribution is -2.29. The van der Waals surface area contributed by atoms with E-state index in [-0.39, 0.29) is 11.1 Å². The summed E-state index contributed by atoms with van der Waals surface area (Å²) >= 11 is 0. The lowest BCUT2D eigenvalue weighted by atomic mass is 9.94. The number of carbonyl (C=O) groups is 2. The topological polar surface area (TPSA) is 94.5 Å². The van der Waals surface area contributed by atoms with Crippen LogP contribution in [0.2, 0.25) is 0 Å². The number of anilines is 1. The minimum absolute atomic E-state index is 0.0805. The fourth-order valence-corrected chi connectivity index (χ4v) is 4.39. The van der Waals surface area contributed by atoms with Crippen LogP contribution >= 0.6 is 0 Å². The second kappa shape index (κ2) is 11.3. The summed E-state index contributed by atoms with van der Waals surface area (Å²) in [5.41, 5.74) is 1.20. The molecule has 1 aliphatic heterocycles. The molecule has 0 aliphatic carbocycles. The predicted octanol–water partition coefficient (Wildman–Crippen LogP) is 5.37. The number of carbonyl (C=O) groups excluding carboxylic acids is 2. The quantitative estimate of drug-likeness (QED) is 0.232. The van der Waals surface area contributed by atoms with E-state index in [4.69, 9.17) is 18.9 Å². The highest BCUT2D eigenvalue weighted by Gasteiger charge is 2.47. The molecule has 1 fully saturated rings. The fourth-order valence-electron chi connectivity index (χ4n) is 4.39. The summed E-state index contributed by atoms with van der Waals surface area (Å²) in [6.07, 6.45) is 0. The van der Waals surface area contributed by atoms with Gasteiger partial charge in [0.05, 0.1) is 39.6 Å². The summed E-state index contributed by atoms with van der Waals surface area (Å²) in [5, 5.41) is 11.6. The predicted molar refractivity (Wildman–Crippen MR) is 144 cm³/mol. The molecule has 8 nitrogen and oxygen atoms in total. The molecular weight excluding hydrogens is 486 g/mol. The summed E-state index contributed by atoms with van der Waals surface area (Å²) in [6.45, 7) is 4.66. The van der Waals surface area contributed by atoms with Crippen LogP contribution in [0.15, 0.2) is 72.3 Å². The number of methoxy groups -OCH3 is 3. The minimum Gasteiger partial charge on any atom is -0.506 e. The van der Waals surface area contributed by atoms with Crippen molar-refractivity contribution in [2.24, 2.45) is 5.92 Å². The zero-order chi connectivity index (χ0) is 27.4. The van der Waals surface area contributed by atoms with E-state index >= 15 is 0 Å². The van der Waals surface area contributed by atoms with Gasteiger partial charge in [0.25, 0.3) is 11.7 Å². The number of aliphatic hydroxyl groups is 1. The van der Waals surface area contributed by atoms with E-state index in [2.05, 4.69) is 13.8 Å². The van der Waals surface area contributed by atoms with Gasteiger partial charge in [0, 0.05) is 5.69 Å². The van der Waals surface area contributed by atoms with Gasteiger partial charge in [-0.15, -0.1) is 0 Å². The van der Waals surface area contributed by atoms with Crippen molar-refractivity contribution in [2.45, 2.75) is 19.9 Å². The number of aliphatic hydroxyl groups excluding tert-OH is 1. The Hall–Kier alpha value is -4.46. The molecule has 4 rings (SSSR count). The molecule has 1 atom stereocenters. The number of hydrogen-bond acceptors (Lipinski definition) is 7. The Morgan fingerprint density at radius 1 is 0.842 bits per heavy atom. The third-order valence-corrected chi connectivity index (χ3v) is 6.24. The minimum atomic E-state index is -0.919. The normalized spacial score (nSPS) is 16.6. The number of ether oxygens (including phenoxy) is 4. The standard InChI is InChI=1S/C30H31NO7/c1-18(2)17-38-22-15-11-20(12-16-22)31-27(19-9-13-21(35-3)14-10-19)26(29(33)30(31)34)28(32)25-23(36-4)7-6-8-24(25)37-5/h6-16,18,27,32H,17H2,1-5H3/b28-26+. The largest absolute Gasteiger partial charge is 0.506 e. The van der Waals surface area contributed by atoms with Crippen LogP contribution in [0.4, 0.5) is 5.69 Å². The highest BCUT2D eigenvalue weighted by molar-refractivity contribution is 6.51. The number of Topliss-reactive ketones (excluding diaryl/α,β-unsaturated/α-hetero) is 1. The number of rotatable bonds is 9. The molecule has 0 spiro atoms. The van der Waals surface area contributed by atoms with Gasteiger partial charge < -0.3 is 24.1 Å². The van der Waals surface area contributed by atoms with E-state index in [1.807, 2.05) is 0 Å². The van der Waals surface area contributed by atoms with Gasteiger partial charge in [-0.25, -0.2) is 0 Å². The van der Waals surface area contributed by atoms with Crippen molar-refractivity contribution in [3.05, 3.63) is 83.4 Å². The molecule has 1 heterocycles. The van der Waals surface area contributed by atoms with E-state index in [0.29, 0.717) is 46.8 Å². The lowest BCUT2D eigenvalue weighted by molar-refractivity contribution is -0.132. The SMILES string of the molecule is COc1ccc(C2/C(=C(\O)c3c(OC)cccc3OC)C(=O)C(=O)N2c2ccc(OCC(C)C)cc2)cc1. The van der Waals surface area contributed by atoms with Gasteiger partial charge in [0.15, 0.2) is 0 Å². The molecule has 3 aromatic rings. The number of amides is 1. The average molecular weight is 518 g/mol. The first-order valence-corrected chi connectivity index (χ1v) is 12.2. The molecule has 8 heteroatoms. The van der Waals surface area contributed by atoms with Gasteiger partial charge in [-0.05, 0) is 60.0 Å². The maximum Gasteiger partial charge on any atom is 0.300 e. The molecule has 1 saturated heterocycles. The summed E-state index contributed by atoms with van der Waals surface area (Å²) in [5.74, 6) is 0.241. The van der Waals surface area contributed by atoms with E-state index in [9.17, 15) is 14.7 Å². The molecule has 1 unspecified atom stereocenters. The third-order valence-electron chi connectivity index (χ3n) is 6.24. The first-order chi connectivity index (χ1) is 18.3. The Morgan fingerprint density at radius 2 is 1.42 bits per heavy atom. The molecule has 0 saturated carbocycles. The highest BCUT2D eigenvalue weighted by atomic mass is 16.5. The molecule has 0 bridgehead atoms. The molecule has 1 aliphatic rings. The van der Waals surface area contributed by atoms with Crippen molar-refractivity contribution >= 4 is 23.1 Å². The van der Waals surface area contributed by atoms with Crippen molar-refractivity contribution in [3.63, 3.8) is 0 Å². The molecular formula is C30H31NO7. The van der Waals surface area contributed by atoms with Crippen molar-refractivity contribution in [2.75, 3.05) is 32.8 Å². The Morgan fingerprint density at radius 3 is 1.95 bits per heavy atom. The zero-order valence-electron chi connectivity index (χ0n) is 22.1. The van der Waals surface area contributed by atoms with Gasteiger partial charge in [-0.2, -0.15) is 0 Å². The van der Waals surface area contributed by atoms with Crippen LogP contribution in [-0.4, -0.2) is 44.7 Å². The molecule has 3 aromatic carbocycles. The van der Waals surface area contributed by atoms with Crippen molar-refractivity contribution < 1.29 is 33.6 Å². The number of benzene rings is 3. The maximum atomic E-state index is 13.5. The van der Waals surface area contributed by atoms with Gasteiger partial charge in [0.2, 0.25) is 0 Å². The van der Waals surface area contributed by atoms with E-state index in [0.717, 1.165) is 0 Å². The third kappa shape index (κ3) is 5.02. The van der Waals surface area contributed by atoms with Crippen LogP contribution in [0.1, 0.15) is 31.0 Å². The van der Waals surface area contributed by atoms with Crippen LogP contribution in [0, 0.1) is 5.92 Å². The van der Waals surface area contributed by atoms with E-state index in [1.54, 1.807) is 73.8 Å². The van der Waals surface area contributed by atoms with Gasteiger partial charge in [-0.1, -0.05) is 32.0 Å². The van der Waals surface area contributed by atoms with Gasteiger partial charge in [0.1, 0.15) is 34.3 Å². The number of ketones is 1. The van der Waals surface area contributed by atoms with Crippen LogP contribution in [0.3, 0.4) is 0 Å². The molecule has 1 N–H and O–H groups in total. The van der Waals surface area contributed by atoms with E-state index in [1.165, 1.54) is 19.1 Å². The Bertz CT molecular complexity index is 1320. The lowest BCUT2D eigenvalue weighted by Gasteiger charge is -2.26. The second-order valence-corrected chi connectivity index (χ2v) is 9.18. The van der Waals surface area contributed by atoms with Crippen molar-refractivity contribution in [1.82, 2.24) is 0 Å². The van der Waals surface area contributed by atoms with Crippen LogP contribution in [0.5, 0.6) is 23.0 Å². The summed E-state index contributed by atoms with van der Waals surface area (Å²) in [7, 11) is 4.46. The number of hydrogen-bond donors (Lipinski definition) is 1. The van der Waals surface area contributed by atoms with Gasteiger partial charge in [-0.3, -0.25) is 14.5 Å². The summed E-state index contributed by atoms with van der Waals surface area (Å²) < 4.78 is 22.0. The first-order valence-electron chi connectivity index (χ1n) is 12.2. The molecule has 0 radical (unpaired) electrons. The first kappa shape index (κ1) is 26.6. The van der Waals surface area contributed by atoms with Gasteiger partial charge >= 0.3 is 0 Å². The van der Waals surface area contributed by atoms with Crippen molar-refractivity contribution in [3.8, 4) is 23.0 Å². The molecule has 198 valence electrons. The summed E-state index contributed by atoms with van der Waals surface area (Å²) in [4.78, 5) is 28.4. The molecule has 1 amide bonds. The average Bonchev–Trinajstić information content (AvgIpc) is 3.21. The summed E-state index contributed by atoms with van der Waals surface area (Å²) in [6, 6.07) is 18.0. The van der Waals surface area contributed by atoms with Crippen LogP contribution < -0.4 is 23.8 Å². The molecule has 38 heavy (non-hydrogen) atoms. The second-order valence-electron chi connectivity index (χ2n) is 9.18. The highest BCUT2D eigenvalue weighted by Crippen LogP contribution is 2.45. The van der Waals surface area contributed by atoms with Crippen molar-refractivity contribution in [1.29, 1.82) is 0 Å². The monoisotopic (exact) mass is 517 g/mol. The Balaban J connectivity index is 1.89. The molecule has 0 aromatic heterocycles. The van der Waals surface area contributed by atoms with Crippen LogP contribution in [-0.2, 0) is 9.59 Å². The number of nitrogens with zero attached hydrogens (tertiary/aromatic N) is 1. The Labute approximate surface area is 222 Å². The smallest absolute Gasteiger partial charge is 0.300 e. The fraction of sp³-hybridized carbons (Fsp3) is 0.267. The Kier molecular flexibility index (Phi) is 7.90. The zero-order valence-corrected chi connectivity index (χ0v) is 22.1. The van der Waals surface area contributed by atoms with Crippen LogP contribution in [0.25, 0.3) is 5.76 Å². The van der Waals surface area contributed by atoms with E-state index < -0.39 is 23.5 Å².